The Kier molecular flexibility index (Phi) is 7.64. The fourth-order valence-corrected chi connectivity index (χ4v) is 5.11. The van der Waals surface area contributed by atoms with Crippen molar-refractivity contribution in [1.29, 1.82) is 0 Å². The zero-order chi connectivity index (χ0) is 33.4. The third kappa shape index (κ3) is 5.61. The van der Waals surface area contributed by atoms with Crippen LogP contribution < -0.4 is 16.0 Å². The molecule has 6 bridgehead atoms. The third-order valence-electron chi connectivity index (χ3n) is 7.75. The van der Waals surface area contributed by atoms with E-state index in [9.17, 15) is 14.4 Å². The fourth-order valence-electron chi connectivity index (χ4n) is 5.11. The number of aromatic nitrogens is 12. The van der Waals surface area contributed by atoms with Crippen LogP contribution in [0.2, 0.25) is 0 Å². The van der Waals surface area contributed by atoms with Gasteiger partial charge in [-0.25, -0.2) is 29.0 Å². The second kappa shape index (κ2) is 12.2. The number of rotatable bonds is 0. The van der Waals surface area contributed by atoms with Gasteiger partial charge in [-0.1, -0.05) is 33.8 Å². The molecule has 18 heteroatoms. The van der Waals surface area contributed by atoms with Gasteiger partial charge in [0.1, 0.15) is 52.7 Å². The molecule has 7 rings (SSSR count). The lowest BCUT2D eigenvalue weighted by atomic mass is 10.2. The van der Waals surface area contributed by atoms with E-state index in [1.165, 1.54) is 32.6 Å². The van der Waals surface area contributed by atoms with E-state index in [4.69, 9.17) is 0 Å². The highest BCUT2D eigenvalue weighted by Gasteiger charge is 2.25. The van der Waals surface area contributed by atoms with Crippen LogP contribution in [0.3, 0.4) is 0 Å². The van der Waals surface area contributed by atoms with E-state index in [0.717, 1.165) is 0 Å². The van der Waals surface area contributed by atoms with Gasteiger partial charge in [0.05, 0.1) is 35.7 Å². The number of carbonyl (C=O) groups is 3. The molecule has 0 saturated heterocycles. The molecule has 0 unspecified atom stereocenters. The second-order valence-corrected chi connectivity index (χ2v) is 10.9. The Hall–Kier alpha value is -6.72. The highest BCUT2D eigenvalue weighted by Crippen LogP contribution is 2.26. The summed E-state index contributed by atoms with van der Waals surface area (Å²) in [6.07, 6.45) is 4.45. The SMILES string of the molecule is C[C@@H]1C(=O)Nc2cccc(n2)-c2cnnn2[C@H](C)C(=O)Nc2cccc(n2)-c2cnnn2[C@H](C)C(=O)Nc2cccc(n2)-c2cnnn21. The van der Waals surface area contributed by atoms with Crippen LogP contribution in [-0.2, 0) is 14.4 Å². The molecule has 0 aliphatic carbocycles. The quantitative estimate of drug-likeness (QED) is 0.217. The predicted molar refractivity (Wildman–Crippen MR) is 170 cm³/mol. The molecule has 1 aliphatic heterocycles. The Morgan fingerprint density at radius 1 is 0.479 bits per heavy atom. The maximum absolute atomic E-state index is 13.4. The monoisotopic (exact) mass is 645 g/mol. The maximum atomic E-state index is 13.4. The van der Waals surface area contributed by atoms with Crippen LogP contribution >= 0.6 is 0 Å². The van der Waals surface area contributed by atoms with E-state index in [1.54, 1.807) is 75.4 Å². The van der Waals surface area contributed by atoms with Gasteiger partial charge in [0, 0.05) is 0 Å². The molecule has 0 radical (unpaired) electrons. The average molecular weight is 646 g/mol. The topological polar surface area (TPSA) is 218 Å². The summed E-state index contributed by atoms with van der Waals surface area (Å²) in [5, 5.41) is 32.9. The van der Waals surface area contributed by atoms with Crippen molar-refractivity contribution in [2.75, 3.05) is 16.0 Å². The van der Waals surface area contributed by atoms with Gasteiger partial charge in [-0.05, 0) is 57.2 Å². The molecule has 240 valence electrons. The minimum atomic E-state index is -0.828. The van der Waals surface area contributed by atoms with Crippen molar-refractivity contribution >= 4 is 35.2 Å². The second-order valence-electron chi connectivity index (χ2n) is 10.9. The van der Waals surface area contributed by atoms with Gasteiger partial charge in [0.15, 0.2) is 0 Å². The van der Waals surface area contributed by atoms with Crippen LogP contribution in [0.25, 0.3) is 34.2 Å². The Morgan fingerprint density at radius 3 is 1.06 bits per heavy atom. The molecule has 48 heavy (non-hydrogen) atoms. The number of fused-ring (bicyclic) bond motifs is 12. The first kappa shape index (κ1) is 30.0. The van der Waals surface area contributed by atoms with E-state index in [-0.39, 0.29) is 17.5 Å². The summed E-state index contributed by atoms with van der Waals surface area (Å²) in [7, 11) is 0. The van der Waals surface area contributed by atoms with Gasteiger partial charge in [0.25, 0.3) is 0 Å². The summed E-state index contributed by atoms with van der Waals surface area (Å²) in [5.41, 5.74) is 2.64. The summed E-state index contributed by atoms with van der Waals surface area (Å²) in [6, 6.07) is 12.7. The van der Waals surface area contributed by atoms with E-state index in [0.29, 0.717) is 34.2 Å². The van der Waals surface area contributed by atoms with Crippen molar-refractivity contribution in [3.05, 3.63) is 73.2 Å². The molecule has 3 amide bonds. The van der Waals surface area contributed by atoms with Crippen molar-refractivity contribution in [3.8, 4) is 34.2 Å². The molecule has 3 N–H and O–H groups in total. The summed E-state index contributed by atoms with van der Waals surface area (Å²) >= 11 is 0. The molecule has 0 aromatic carbocycles. The van der Waals surface area contributed by atoms with Crippen LogP contribution in [0.15, 0.2) is 73.2 Å². The van der Waals surface area contributed by atoms with Crippen molar-refractivity contribution < 1.29 is 14.4 Å². The maximum Gasteiger partial charge on any atom is 0.250 e. The number of anilines is 3. The molecule has 6 aromatic rings. The number of carbonyl (C=O) groups excluding carboxylic acids is 3. The van der Waals surface area contributed by atoms with Crippen LogP contribution in [0.4, 0.5) is 17.5 Å². The van der Waals surface area contributed by atoms with Gasteiger partial charge < -0.3 is 16.0 Å². The summed E-state index contributed by atoms with van der Waals surface area (Å²) in [5.74, 6) is -0.475. The number of pyridine rings is 3. The van der Waals surface area contributed by atoms with Crippen molar-refractivity contribution in [2.45, 2.75) is 38.9 Å². The minimum absolute atomic E-state index is 0.261. The highest BCUT2D eigenvalue weighted by molar-refractivity contribution is 5.95. The molecular formula is C30H27N15O3. The lowest BCUT2D eigenvalue weighted by Gasteiger charge is -2.17. The lowest BCUT2D eigenvalue weighted by Crippen LogP contribution is -2.27. The van der Waals surface area contributed by atoms with Crippen molar-refractivity contribution in [2.24, 2.45) is 0 Å². The van der Waals surface area contributed by atoms with Gasteiger partial charge >= 0.3 is 0 Å². The summed E-state index contributed by atoms with van der Waals surface area (Å²) < 4.78 is 4.28. The van der Waals surface area contributed by atoms with Crippen molar-refractivity contribution in [3.63, 3.8) is 0 Å². The molecule has 1 aliphatic rings. The summed E-state index contributed by atoms with van der Waals surface area (Å²) in [4.78, 5) is 54.0. The van der Waals surface area contributed by atoms with E-state index < -0.39 is 35.8 Å². The molecule has 6 aromatic heterocycles. The Balaban J connectivity index is 1.30. The molecule has 18 nitrogen and oxygen atoms in total. The number of hydrogen-bond donors (Lipinski definition) is 3. The van der Waals surface area contributed by atoms with Crippen LogP contribution in [0.5, 0.6) is 0 Å². The smallest absolute Gasteiger partial charge is 0.250 e. The van der Waals surface area contributed by atoms with E-state index in [1.807, 2.05) is 0 Å². The number of nitrogens with zero attached hydrogens (tertiary/aromatic N) is 12. The molecule has 3 atom stereocenters. The Labute approximate surface area is 271 Å². The third-order valence-corrected chi connectivity index (χ3v) is 7.75. The first-order valence-corrected chi connectivity index (χ1v) is 14.8. The largest absolute Gasteiger partial charge is 0.309 e. The van der Waals surface area contributed by atoms with Gasteiger partial charge in [-0.2, -0.15) is 0 Å². The molecular weight excluding hydrogens is 618 g/mol. The first-order valence-electron chi connectivity index (χ1n) is 14.8. The van der Waals surface area contributed by atoms with Gasteiger partial charge in [0.2, 0.25) is 17.7 Å². The van der Waals surface area contributed by atoms with E-state index >= 15 is 0 Å². The first-order chi connectivity index (χ1) is 23.3. The van der Waals surface area contributed by atoms with Gasteiger partial charge in [-0.3, -0.25) is 14.4 Å². The van der Waals surface area contributed by atoms with Crippen molar-refractivity contribution in [1.82, 2.24) is 59.9 Å². The zero-order valence-corrected chi connectivity index (χ0v) is 25.8. The molecule has 0 saturated carbocycles. The number of amides is 3. The van der Waals surface area contributed by atoms with Crippen LogP contribution in [-0.4, -0.2) is 77.7 Å². The van der Waals surface area contributed by atoms with Crippen LogP contribution in [0.1, 0.15) is 38.9 Å². The zero-order valence-electron chi connectivity index (χ0n) is 25.8. The minimum Gasteiger partial charge on any atom is -0.309 e. The highest BCUT2D eigenvalue weighted by atomic mass is 16.2. The van der Waals surface area contributed by atoms with Gasteiger partial charge in [-0.15, -0.1) is 15.3 Å². The fraction of sp³-hybridized carbons (Fsp3) is 0.200. The Morgan fingerprint density at radius 2 is 0.771 bits per heavy atom. The molecule has 0 spiro atoms. The lowest BCUT2D eigenvalue weighted by molar-refractivity contribution is -0.119. The predicted octanol–water partition coefficient (Wildman–Crippen LogP) is 2.56. The average Bonchev–Trinajstić information content (AvgIpc) is 3.89. The van der Waals surface area contributed by atoms with Crippen LogP contribution in [0, 0.1) is 0 Å². The molecule has 0 fully saturated rings. The normalized spacial score (nSPS) is 18.3. The Bertz CT molecular complexity index is 1930. The number of hydrogen-bond acceptors (Lipinski definition) is 12. The molecule has 7 heterocycles. The standard InChI is InChI=1S/C30H27N15O3/c1-16-28(46)37-25-10-5-8-20(35-25)23-14-32-41-44(23)18(3)30(48)39-27-12-6-9-21(36-27)24-15-33-42-45(24)17(2)29(47)38-26-11-4-7-19(34-26)22-13-31-40-43(16)22/h4-18H,1-3H3,(H,35,37,46)(H,34,38,47)(H,36,39,48)/t16-,17-,18-/m1/s1. The number of nitrogens with one attached hydrogen (secondary N) is 3. The van der Waals surface area contributed by atoms with E-state index in [2.05, 4.69) is 61.8 Å². The summed E-state index contributed by atoms with van der Waals surface area (Å²) in [6.45, 7) is 4.98.